The first-order valence-electron chi connectivity index (χ1n) is 6.99. The molecule has 0 spiro atoms. The van der Waals surface area contributed by atoms with Gasteiger partial charge in [0.2, 0.25) is 0 Å². The highest BCUT2D eigenvalue weighted by Gasteiger charge is 2.20. The second-order valence-electron chi connectivity index (χ2n) is 4.90. The Balaban J connectivity index is 1.97. The number of ether oxygens (including phenoxy) is 1. The van der Waals surface area contributed by atoms with E-state index in [-0.39, 0.29) is 11.7 Å². The van der Waals surface area contributed by atoms with Crippen molar-refractivity contribution in [1.82, 2.24) is 9.97 Å². The molecule has 0 saturated carbocycles. The van der Waals surface area contributed by atoms with Crippen LogP contribution in [0.2, 0.25) is 0 Å². The van der Waals surface area contributed by atoms with Crippen molar-refractivity contribution < 1.29 is 9.53 Å². The van der Waals surface area contributed by atoms with E-state index < -0.39 is 0 Å². The number of carbonyl (C=O) groups excluding carboxylic acids is 1. The molecule has 0 bridgehead atoms. The summed E-state index contributed by atoms with van der Waals surface area (Å²) in [5.41, 5.74) is 1.75. The Morgan fingerprint density at radius 1 is 1.24 bits per heavy atom. The lowest BCUT2D eigenvalue weighted by Gasteiger charge is -2.19. The molecule has 0 radical (unpaired) electrons. The maximum atomic E-state index is 11.4. The molecule has 1 aromatic carbocycles. The van der Waals surface area contributed by atoms with Crippen LogP contribution in [0.4, 0.5) is 5.82 Å². The van der Waals surface area contributed by atoms with E-state index in [1.165, 1.54) is 31.7 Å². The zero-order valence-corrected chi connectivity index (χ0v) is 12.7. The lowest BCUT2D eigenvalue weighted by molar-refractivity contribution is -0.137. The number of rotatable bonds is 4. The van der Waals surface area contributed by atoms with Gasteiger partial charge in [-0.3, -0.25) is 4.79 Å². The Morgan fingerprint density at radius 3 is 2.57 bits per heavy atom. The average molecular weight is 303 g/mol. The summed E-state index contributed by atoms with van der Waals surface area (Å²) in [4.78, 5) is 23.1. The van der Waals surface area contributed by atoms with E-state index in [4.69, 9.17) is 9.72 Å². The van der Waals surface area contributed by atoms with Gasteiger partial charge in [0.05, 0.1) is 23.9 Å². The molecule has 21 heavy (non-hydrogen) atoms. The smallest absolute Gasteiger partial charge is 0.316 e. The number of fused-ring (bicyclic) bond motifs is 1. The number of nitrogens with zero attached hydrogens (tertiary/aromatic N) is 3. The third kappa shape index (κ3) is 3.10. The monoisotopic (exact) mass is 303 g/mol. The van der Waals surface area contributed by atoms with E-state index in [9.17, 15) is 4.79 Å². The first-order chi connectivity index (χ1) is 10.3. The Labute approximate surface area is 127 Å². The van der Waals surface area contributed by atoms with Crippen LogP contribution < -0.4 is 4.90 Å². The molecular formula is C15H17N3O2S. The van der Waals surface area contributed by atoms with Gasteiger partial charge in [-0.1, -0.05) is 23.9 Å². The largest absolute Gasteiger partial charge is 0.468 e. The minimum absolute atomic E-state index is 0.248. The summed E-state index contributed by atoms with van der Waals surface area (Å²) in [6, 6.07) is 7.82. The molecule has 6 heteroatoms. The van der Waals surface area contributed by atoms with Crippen LogP contribution in [0, 0.1) is 0 Å². The quantitative estimate of drug-likeness (QED) is 0.639. The Kier molecular flexibility index (Phi) is 4.24. The van der Waals surface area contributed by atoms with Crippen molar-refractivity contribution >= 4 is 34.6 Å². The van der Waals surface area contributed by atoms with Crippen molar-refractivity contribution in [1.29, 1.82) is 0 Å². The molecule has 110 valence electrons. The fraction of sp³-hybridized carbons (Fsp3) is 0.400. The van der Waals surface area contributed by atoms with Crippen LogP contribution in [0.3, 0.4) is 0 Å². The zero-order valence-electron chi connectivity index (χ0n) is 11.9. The molecule has 5 nitrogen and oxygen atoms in total. The van der Waals surface area contributed by atoms with Crippen molar-refractivity contribution in [3.63, 3.8) is 0 Å². The molecule has 0 aliphatic carbocycles. The highest BCUT2D eigenvalue weighted by atomic mass is 32.2. The van der Waals surface area contributed by atoms with E-state index in [2.05, 4.69) is 9.88 Å². The Morgan fingerprint density at radius 2 is 1.90 bits per heavy atom. The third-order valence-corrected chi connectivity index (χ3v) is 4.41. The summed E-state index contributed by atoms with van der Waals surface area (Å²) >= 11 is 1.39. The summed E-state index contributed by atoms with van der Waals surface area (Å²) in [6.07, 6.45) is 2.35. The molecule has 1 fully saturated rings. The third-order valence-electron chi connectivity index (χ3n) is 3.48. The lowest BCUT2D eigenvalue weighted by atomic mass is 10.3. The van der Waals surface area contributed by atoms with E-state index >= 15 is 0 Å². The predicted octanol–water partition coefficient (Wildman–Crippen LogP) is 2.50. The van der Waals surface area contributed by atoms with Crippen LogP contribution >= 0.6 is 11.8 Å². The topological polar surface area (TPSA) is 55.3 Å². The van der Waals surface area contributed by atoms with Crippen LogP contribution in [0.1, 0.15) is 12.8 Å². The molecule has 1 aliphatic heterocycles. The number of hydrogen-bond acceptors (Lipinski definition) is 6. The van der Waals surface area contributed by atoms with Gasteiger partial charge >= 0.3 is 5.97 Å². The predicted molar refractivity (Wildman–Crippen MR) is 83.7 cm³/mol. The fourth-order valence-corrected chi connectivity index (χ4v) is 3.23. The summed E-state index contributed by atoms with van der Waals surface area (Å²) in [5.74, 6) is 0.895. The van der Waals surface area contributed by atoms with E-state index in [0.717, 1.165) is 35.0 Å². The van der Waals surface area contributed by atoms with E-state index in [1.54, 1.807) is 0 Å². The SMILES string of the molecule is COC(=O)CSc1nc2ccccc2nc1N1CCCC1. The summed E-state index contributed by atoms with van der Waals surface area (Å²) in [5, 5.41) is 0.806. The first kappa shape index (κ1) is 14.1. The second kappa shape index (κ2) is 6.30. The number of carbonyl (C=O) groups is 1. The number of para-hydroxylation sites is 2. The number of anilines is 1. The number of hydrogen-bond donors (Lipinski definition) is 0. The van der Waals surface area contributed by atoms with E-state index in [1.807, 2.05) is 24.3 Å². The Hall–Kier alpha value is -1.82. The molecule has 0 atom stereocenters. The van der Waals surface area contributed by atoms with Crippen molar-refractivity contribution in [3.8, 4) is 0 Å². The van der Waals surface area contributed by atoms with Crippen LogP contribution in [0.25, 0.3) is 11.0 Å². The minimum Gasteiger partial charge on any atom is -0.468 e. The maximum Gasteiger partial charge on any atom is 0.316 e. The molecule has 0 unspecified atom stereocenters. The van der Waals surface area contributed by atoms with Gasteiger partial charge in [0, 0.05) is 13.1 Å². The van der Waals surface area contributed by atoms with Gasteiger partial charge in [-0.2, -0.15) is 0 Å². The highest BCUT2D eigenvalue weighted by Crippen LogP contribution is 2.31. The summed E-state index contributed by atoms with van der Waals surface area (Å²) in [7, 11) is 1.40. The molecule has 3 rings (SSSR count). The normalized spacial score (nSPS) is 14.6. The number of benzene rings is 1. The van der Waals surface area contributed by atoms with Gasteiger partial charge in [-0.25, -0.2) is 9.97 Å². The van der Waals surface area contributed by atoms with Crippen LogP contribution in [-0.4, -0.2) is 41.9 Å². The van der Waals surface area contributed by atoms with Crippen molar-refractivity contribution in [3.05, 3.63) is 24.3 Å². The van der Waals surface area contributed by atoms with Gasteiger partial charge < -0.3 is 9.64 Å². The molecule has 1 aromatic heterocycles. The van der Waals surface area contributed by atoms with Gasteiger partial charge in [-0.15, -0.1) is 0 Å². The molecule has 1 saturated heterocycles. The first-order valence-corrected chi connectivity index (χ1v) is 7.98. The molecular weight excluding hydrogens is 286 g/mol. The van der Waals surface area contributed by atoms with Crippen molar-refractivity contribution in [2.75, 3.05) is 30.9 Å². The fourth-order valence-electron chi connectivity index (χ4n) is 2.39. The van der Waals surface area contributed by atoms with Crippen LogP contribution in [-0.2, 0) is 9.53 Å². The summed E-state index contributed by atoms with van der Waals surface area (Å²) < 4.78 is 4.70. The molecule has 2 heterocycles. The average Bonchev–Trinajstić information content (AvgIpc) is 3.05. The van der Waals surface area contributed by atoms with Crippen molar-refractivity contribution in [2.45, 2.75) is 17.9 Å². The standard InChI is InChI=1S/C15H17N3O2S/c1-20-13(19)10-21-15-14(18-8-4-5-9-18)16-11-6-2-3-7-12(11)17-15/h2-3,6-7H,4-5,8-10H2,1H3. The molecule has 1 aliphatic rings. The molecule has 2 aromatic rings. The number of methoxy groups -OCH3 is 1. The number of esters is 1. The highest BCUT2D eigenvalue weighted by molar-refractivity contribution is 8.00. The van der Waals surface area contributed by atoms with Gasteiger partial charge in [0.25, 0.3) is 0 Å². The van der Waals surface area contributed by atoms with Gasteiger partial charge in [0.1, 0.15) is 5.03 Å². The molecule has 0 N–H and O–H groups in total. The number of thioether (sulfide) groups is 1. The zero-order chi connectivity index (χ0) is 14.7. The summed E-state index contributed by atoms with van der Waals surface area (Å²) in [6.45, 7) is 2.00. The minimum atomic E-state index is -0.248. The molecule has 0 amide bonds. The van der Waals surface area contributed by atoms with Crippen LogP contribution in [0.5, 0.6) is 0 Å². The maximum absolute atomic E-state index is 11.4. The number of aromatic nitrogens is 2. The van der Waals surface area contributed by atoms with Crippen molar-refractivity contribution in [2.24, 2.45) is 0 Å². The lowest BCUT2D eigenvalue weighted by Crippen LogP contribution is -2.20. The Bertz CT molecular complexity index is 656. The van der Waals surface area contributed by atoms with E-state index in [0.29, 0.717) is 0 Å². The van der Waals surface area contributed by atoms with Crippen LogP contribution in [0.15, 0.2) is 29.3 Å². The van der Waals surface area contributed by atoms with Gasteiger partial charge in [0.15, 0.2) is 5.82 Å². The van der Waals surface area contributed by atoms with Gasteiger partial charge in [-0.05, 0) is 25.0 Å². The second-order valence-corrected chi connectivity index (χ2v) is 5.86.